The smallest absolute Gasteiger partial charge is 0.411 e. The number of carbonyl (C=O) groups excluding carboxylic acids is 1. The van der Waals surface area contributed by atoms with E-state index >= 15 is 0 Å². The van der Waals surface area contributed by atoms with E-state index < -0.39 is 16.7 Å². The third kappa shape index (κ3) is 4.52. The van der Waals surface area contributed by atoms with Gasteiger partial charge in [0.2, 0.25) is 11.6 Å². The number of ether oxygens (including phenoxy) is 1. The molecule has 10 heteroatoms. The zero-order chi connectivity index (χ0) is 16.7. The van der Waals surface area contributed by atoms with Gasteiger partial charge in [-0.25, -0.2) is 14.8 Å². The Labute approximate surface area is 130 Å². The van der Waals surface area contributed by atoms with Gasteiger partial charge in [-0.3, -0.25) is 15.4 Å². The molecule has 0 fully saturated rings. The maximum atomic E-state index is 11.5. The second kappa shape index (κ2) is 7.54. The molecule has 0 aliphatic heterocycles. The number of amides is 1. The zero-order valence-electron chi connectivity index (χ0n) is 11.9. The molecule has 0 aliphatic carbocycles. The topological polar surface area (TPSA) is 145 Å². The van der Waals surface area contributed by atoms with Gasteiger partial charge in [-0.1, -0.05) is 18.2 Å². The van der Waals surface area contributed by atoms with Crippen molar-refractivity contribution in [3.8, 4) is 0 Å². The lowest BCUT2D eigenvalue weighted by Gasteiger charge is -2.08. The van der Waals surface area contributed by atoms with E-state index in [0.717, 1.165) is 6.33 Å². The second-order valence-corrected chi connectivity index (χ2v) is 4.27. The summed E-state index contributed by atoms with van der Waals surface area (Å²) in [7, 11) is 0. The van der Waals surface area contributed by atoms with E-state index in [4.69, 9.17) is 10.5 Å². The lowest BCUT2D eigenvalue weighted by atomic mass is 10.3. The van der Waals surface area contributed by atoms with Crippen LogP contribution in [-0.2, 0) is 4.74 Å². The van der Waals surface area contributed by atoms with Gasteiger partial charge in [-0.2, -0.15) is 0 Å². The summed E-state index contributed by atoms with van der Waals surface area (Å²) in [6, 6.07) is 8.80. The van der Waals surface area contributed by atoms with Crippen LogP contribution in [0.4, 0.5) is 27.8 Å². The van der Waals surface area contributed by atoms with Gasteiger partial charge in [-0.15, -0.1) is 0 Å². The molecule has 2 rings (SSSR count). The Hall–Kier alpha value is -3.43. The van der Waals surface area contributed by atoms with Crippen molar-refractivity contribution >= 4 is 29.1 Å². The molecule has 23 heavy (non-hydrogen) atoms. The predicted molar refractivity (Wildman–Crippen MR) is 83.0 cm³/mol. The number of nitrogens with zero attached hydrogens (tertiary/aromatic N) is 3. The number of hydrogen-bond acceptors (Lipinski definition) is 8. The van der Waals surface area contributed by atoms with Gasteiger partial charge < -0.3 is 15.8 Å². The first-order chi connectivity index (χ1) is 11.1. The van der Waals surface area contributed by atoms with E-state index in [1.807, 2.05) is 6.07 Å². The molecule has 0 radical (unpaired) electrons. The van der Waals surface area contributed by atoms with Crippen LogP contribution in [0.2, 0.25) is 0 Å². The van der Waals surface area contributed by atoms with Crippen LogP contribution in [0.25, 0.3) is 0 Å². The lowest BCUT2D eigenvalue weighted by molar-refractivity contribution is -0.383. The summed E-state index contributed by atoms with van der Waals surface area (Å²) < 4.78 is 4.94. The molecule has 0 bridgehead atoms. The molecule has 4 N–H and O–H groups in total. The molecule has 0 saturated carbocycles. The Morgan fingerprint density at radius 1 is 1.30 bits per heavy atom. The number of rotatable bonds is 6. The molecule has 120 valence electrons. The molecule has 10 nitrogen and oxygen atoms in total. The summed E-state index contributed by atoms with van der Waals surface area (Å²) in [6.07, 6.45) is 0.475. The fraction of sp³-hybridized carbons (Fsp3) is 0.154. The van der Waals surface area contributed by atoms with E-state index in [0.29, 0.717) is 5.69 Å². The summed E-state index contributed by atoms with van der Waals surface area (Å²) in [5.74, 6) is -0.273. The Kier molecular flexibility index (Phi) is 5.23. The molecule has 2 aromatic rings. The van der Waals surface area contributed by atoms with Gasteiger partial charge >= 0.3 is 11.8 Å². The standard InChI is InChI=1S/C13H14N6O4/c14-11-10(19(21)22)12(17-8-16-11)15-6-7-23-13(20)18-9-4-2-1-3-5-9/h1-5,8H,6-7H2,(H,18,20)(H3,14,15,16,17). The van der Waals surface area contributed by atoms with E-state index in [-0.39, 0.29) is 24.8 Å². The molecule has 0 unspecified atom stereocenters. The highest BCUT2D eigenvalue weighted by atomic mass is 16.6. The van der Waals surface area contributed by atoms with Gasteiger partial charge in [0.15, 0.2) is 0 Å². The molecular weight excluding hydrogens is 304 g/mol. The molecule has 0 aliphatic rings. The maximum absolute atomic E-state index is 11.5. The van der Waals surface area contributed by atoms with Gasteiger partial charge in [0.25, 0.3) is 0 Å². The Bertz CT molecular complexity index is 694. The number of anilines is 3. The van der Waals surface area contributed by atoms with E-state index in [2.05, 4.69) is 20.6 Å². The van der Waals surface area contributed by atoms with Crippen LogP contribution in [0.15, 0.2) is 36.7 Å². The number of nitrogens with two attached hydrogens (primary N) is 1. The van der Waals surface area contributed by atoms with Crippen LogP contribution in [-0.4, -0.2) is 34.1 Å². The number of para-hydroxylation sites is 1. The van der Waals surface area contributed by atoms with Crippen LogP contribution in [0, 0.1) is 10.1 Å². The first kappa shape index (κ1) is 15.9. The molecule has 1 aromatic carbocycles. The summed E-state index contributed by atoms with van der Waals surface area (Å²) >= 11 is 0. The second-order valence-electron chi connectivity index (χ2n) is 4.27. The lowest BCUT2D eigenvalue weighted by Crippen LogP contribution is -2.19. The summed E-state index contributed by atoms with van der Waals surface area (Å²) in [5, 5.41) is 16.1. The Morgan fingerprint density at radius 2 is 2.04 bits per heavy atom. The minimum absolute atomic E-state index is 0.0142. The number of benzene rings is 1. The van der Waals surface area contributed by atoms with E-state index in [1.165, 1.54) is 0 Å². The number of nitrogens with one attached hydrogen (secondary N) is 2. The average Bonchev–Trinajstić information content (AvgIpc) is 2.52. The average molecular weight is 318 g/mol. The minimum Gasteiger partial charge on any atom is -0.447 e. The highest BCUT2D eigenvalue weighted by Crippen LogP contribution is 2.25. The monoisotopic (exact) mass is 318 g/mol. The number of aromatic nitrogens is 2. The molecule has 0 saturated heterocycles. The summed E-state index contributed by atoms with van der Waals surface area (Å²) in [4.78, 5) is 29.1. The molecule has 0 spiro atoms. The zero-order valence-corrected chi connectivity index (χ0v) is 11.9. The third-order valence-electron chi connectivity index (χ3n) is 2.68. The van der Waals surface area contributed by atoms with Gasteiger partial charge in [-0.05, 0) is 12.1 Å². The normalized spacial score (nSPS) is 9.91. The van der Waals surface area contributed by atoms with E-state index in [1.54, 1.807) is 24.3 Å². The molecule has 0 atom stereocenters. The fourth-order valence-electron chi connectivity index (χ4n) is 1.69. The number of nitro groups is 1. The van der Waals surface area contributed by atoms with Crippen molar-refractivity contribution in [2.75, 3.05) is 29.5 Å². The number of nitrogen functional groups attached to an aromatic ring is 1. The Morgan fingerprint density at radius 3 is 2.74 bits per heavy atom. The van der Waals surface area contributed by atoms with Crippen molar-refractivity contribution in [3.63, 3.8) is 0 Å². The van der Waals surface area contributed by atoms with Gasteiger partial charge in [0.05, 0.1) is 11.5 Å². The van der Waals surface area contributed by atoms with Crippen molar-refractivity contribution < 1.29 is 14.5 Å². The predicted octanol–water partition coefficient (Wildman–Crippen LogP) is 1.63. The summed E-state index contributed by atoms with van der Waals surface area (Å²) in [5.41, 5.74) is 5.62. The minimum atomic E-state index is -0.680. The molecule has 1 amide bonds. The largest absolute Gasteiger partial charge is 0.447 e. The van der Waals surface area contributed by atoms with Crippen LogP contribution >= 0.6 is 0 Å². The first-order valence-corrected chi connectivity index (χ1v) is 6.55. The van der Waals surface area contributed by atoms with Crippen molar-refractivity contribution in [1.82, 2.24) is 9.97 Å². The quantitative estimate of drug-likeness (QED) is 0.414. The fourth-order valence-corrected chi connectivity index (χ4v) is 1.69. The van der Waals surface area contributed by atoms with E-state index in [9.17, 15) is 14.9 Å². The van der Waals surface area contributed by atoms with Crippen molar-refractivity contribution in [3.05, 3.63) is 46.8 Å². The molecular formula is C13H14N6O4. The maximum Gasteiger partial charge on any atom is 0.411 e. The number of carbonyl (C=O) groups is 1. The number of hydrogen-bond donors (Lipinski definition) is 3. The van der Waals surface area contributed by atoms with Crippen LogP contribution in [0.5, 0.6) is 0 Å². The van der Waals surface area contributed by atoms with Crippen LogP contribution in [0.3, 0.4) is 0 Å². The highest BCUT2D eigenvalue weighted by molar-refractivity contribution is 5.84. The van der Waals surface area contributed by atoms with Crippen molar-refractivity contribution in [1.29, 1.82) is 0 Å². The Balaban J connectivity index is 1.81. The van der Waals surface area contributed by atoms with Crippen LogP contribution in [0.1, 0.15) is 0 Å². The van der Waals surface area contributed by atoms with Gasteiger partial charge in [0, 0.05) is 5.69 Å². The van der Waals surface area contributed by atoms with Gasteiger partial charge in [0.1, 0.15) is 12.9 Å². The SMILES string of the molecule is Nc1ncnc(NCCOC(=O)Nc2ccccc2)c1[N+](=O)[O-]. The molecule has 1 aromatic heterocycles. The van der Waals surface area contributed by atoms with Crippen molar-refractivity contribution in [2.45, 2.75) is 0 Å². The molecule has 1 heterocycles. The third-order valence-corrected chi connectivity index (χ3v) is 2.68. The summed E-state index contributed by atoms with van der Waals surface area (Å²) in [6.45, 7) is 0.110. The first-order valence-electron chi connectivity index (χ1n) is 6.55. The van der Waals surface area contributed by atoms with Crippen molar-refractivity contribution in [2.24, 2.45) is 0 Å². The van der Waals surface area contributed by atoms with Crippen LogP contribution < -0.4 is 16.4 Å². The highest BCUT2D eigenvalue weighted by Gasteiger charge is 2.20.